The summed E-state index contributed by atoms with van der Waals surface area (Å²) in [6.45, 7) is 3.80. The van der Waals surface area contributed by atoms with Crippen molar-refractivity contribution in [3.63, 3.8) is 0 Å². The Morgan fingerprint density at radius 3 is 2.76 bits per heavy atom. The summed E-state index contributed by atoms with van der Waals surface area (Å²) >= 11 is 0. The van der Waals surface area contributed by atoms with Gasteiger partial charge in [-0.15, -0.1) is 0 Å². The molecule has 25 heavy (non-hydrogen) atoms. The van der Waals surface area contributed by atoms with Crippen molar-refractivity contribution in [3.8, 4) is 0 Å². The van der Waals surface area contributed by atoms with E-state index < -0.39 is 0 Å². The summed E-state index contributed by atoms with van der Waals surface area (Å²) in [6, 6.07) is 0.343. The van der Waals surface area contributed by atoms with Crippen LogP contribution in [0.15, 0.2) is 6.20 Å². The zero-order chi connectivity index (χ0) is 18.0. The van der Waals surface area contributed by atoms with E-state index in [1.54, 1.807) is 18.2 Å². The van der Waals surface area contributed by atoms with Crippen LogP contribution in [0.25, 0.3) is 0 Å². The Kier molecular flexibility index (Phi) is 5.76. The van der Waals surface area contributed by atoms with Gasteiger partial charge in [0.05, 0.1) is 12.3 Å². The molecule has 0 radical (unpaired) electrons. The van der Waals surface area contributed by atoms with Crippen LogP contribution in [0.5, 0.6) is 0 Å². The number of ether oxygens (including phenoxy) is 1. The molecule has 0 saturated carbocycles. The number of amides is 1. The van der Waals surface area contributed by atoms with Crippen molar-refractivity contribution in [2.45, 2.75) is 37.3 Å². The number of nitrogens with one attached hydrogen (secondary N) is 1. The molecule has 3 heterocycles. The summed E-state index contributed by atoms with van der Waals surface area (Å²) in [5.41, 5.74) is 0.598. The number of likely N-dealkylation sites (tertiary alicyclic amines) is 2. The summed E-state index contributed by atoms with van der Waals surface area (Å²) in [4.78, 5) is 26.9. The molecule has 0 bridgehead atoms. The molecule has 1 N–H and O–H groups in total. The van der Waals surface area contributed by atoms with E-state index in [4.69, 9.17) is 4.74 Å². The maximum atomic E-state index is 12.7. The van der Waals surface area contributed by atoms with Crippen molar-refractivity contribution in [1.29, 1.82) is 0 Å². The second-order valence-electron chi connectivity index (χ2n) is 7.63. The van der Waals surface area contributed by atoms with Crippen molar-refractivity contribution in [3.05, 3.63) is 17.7 Å². The zero-order valence-corrected chi connectivity index (χ0v) is 15.9. The number of nitrogens with zero attached hydrogens (tertiary/aromatic N) is 4. The molecular formula is C18H31N5O2. The maximum Gasteiger partial charge on any atom is 0.271 e. The third-order valence-corrected chi connectivity index (χ3v) is 5.75. The van der Waals surface area contributed by atoms with Gasteiger partial charge in [-0.2, -0.15) is 0 Å². The quantitative estimate of drug-likeness (QED) is 0.859. The molecule has 140 valence electrons. The van der Waals surface area contributed by atoms with Gasteiger partial charge in [-0.3, -0.25) is 9.69 Å². The zero-order valence-electron chi connectivity index (χ0n) is 15.9. The maximum absolute atomic E-state index is 12.7. The van der Waals surface area contributed by atoms with Gasteiger partial charge in [0, 0.05) is 39.2 Å². The fourth-order valence-electron chi connectivity index (χ4n) is 3.95. The second-order valence-corrected chi connectivity index (χ2v) is 7.63. The molecule has 2 fully saturated rings. The first-order valence-electron chi connectivity index (χ1n) is 9.20. The first-order chi connectivity index (χ1) is 12.0. The van der Waals surface area contributed by atoms with E-state index in [-0.39, 0.29) is 12.0 Å². The number of methoxy groups -OCH3 is 1. The number of hydrogen-bond acceptors (Lipinski definition) is 5. The Labute approximate surface area is 150 Å². The van der Waals surface area contributed by atoms with Crippen LogP contribution in [0.2, 0.25) is 0 Å². The van der Waals surface area contributed by atoms with Gasteiger partial charge in [-0.25, -0.2) is 4.98 Å². The number of likely N-dealkylation sites (N-methyl/N-ethyl adjacent to an activating group) is 2. The molecule has 3 rings (SSSR count). The van der Waals surface area contributed by atoms with Gasteiger partial charge in [0.1, 0.15) is 11.5 Å². The summed E-state index contributed by atoms with van der Waals surface area (Å²) in [6.07, 6.45) is 5.12. The standard InChI is InChI=1S/C18H31N5O2/c1-21-7-5-13(6-8-21)17-19-10-16(20-17)18(24)23(3)11-14-9-15(25-4)12-22(14)2/h10,13-15H,5-9,11-12H2,1-4H3,(H,19,20)/t14-,15-/m0/s1. The minimum absolute atomic E-state index is 0.0148. The highest BCUT2D eigenvalue weighted by atomic mass is 16.5. The molecule has 2 atom stereocenters. The molecule has 2 saturated heterocycles. The molecule has 0 aliphatic carbocycles. The number of rotatable bonds is 5. The second kappa shape index (κ2) is 7.85. The van der Waals surface area contributed by atoms with Crippen molar-refractivity contribution < 1.29 is 9.53 Å². The summed E-state index contributed by atoms with van der Waals surface area (Å²) < 4.78 is 5.45. The number of aromatic nitrogens is 2. The third-order valence-electron chi connectivity index (χ3n) is 5.75. The molecular weight excluding hydrogens is 318 g/mol. The fourth-order valence-corrected chi connectivity index (χ4v) is 3.95. The van der Waals surface area contributed by atoms with Gasteiger partial charge in [0.2, 0.25) is 0 Å². The van der Waals surface area contributed by atoms with Gasteiger partial charge in [-0.05, 0) is 46.4 Å². The Balaban J connectivity index is 1.57. The van der Waals surface area contributed by atoms with Crippen LogP contribution < -0.4 is 0 Å². The Morgan fingerprint density at radius 2 is 2.12 bits per heavy atom. The van der Waals surface area contributed by atoms with E-state index in [0.29, 0.717) is 24.2 Å². The highest BCUT2D eigenvalue weighted by molar-refractivity contribution is 5.92. The Hall–Kier alpha value is -1.44. The van der Waals surface area contributed by atoms with E-state index in [0.717, 1.165) is 44.7 Å². The highest BCUT2D eigenvalue weighted by Gasteiger charge is 2.31. The lowest BCUT2D eigenvalue weighted by Crippen LogP contribution is -2.39. The lowest BCUT2D eigenvalue weighted by Gasteiger charge is -2.27. The SMILES string of the molecule is CO[C@H]1C[C@@H](CN(C)C(=O)c2cnc(C3CCN(C)CC3)[nH]2)N(C)C1. The highest BCUT2D eigenvalue weighted by Crippen LogP contribution is 2.25. The Bertz CT molecular complexity index is 582. The van der Waals surface area contributed by atoms with Crippen LogP contribution in [0, 0.1) is 0 Å². The molecule has 1 amide bonds. The minimum atomic E-state index is 0.0148. The first-order valence-corrected chi connectivity index (χ1v) is 9.20. The van der Waals surface area contributed by atoms with Crippen molar-refractivity contribution in [2.24, 2.45) is 0 Å². The number of carbonyl (C=O) groups is 1. The van der Waals surface area contributed by atoms with E-state index in [1.807, 2.05) is 7.05 Å². The Morgan fingerprint density at radius 1 is 1.40 bits per heavy atom. The molecule has 0 unspecified atom stereocenters. The minimum Gasteiger partial charge on any atom is -0.380 e. The van der Waals surface area contributed by atoms with Crippen LogP contribution in [-0.2, 0) is 4.74 Å². The van der Waals surface area contributed by atoms with Gasteiger partial charge >= 0.3 is 0 Å². The molecule has 2 aliphatic heterocycles. The average molecular weight is 349 g/mol. The normalized spacial score (nSPS) is 26.2. The average Bonchev–Trinajstić information content (AvgIpc) is 3.22. The largest absolute Gasteiger partial charge is 0.380 e. The number of H-pyrrole nitrogens is 1. The predicted molar refractivity (Wildman–Crippen MR) is 96.9 cm³/mol. The van der Waals surface area contributed by atoms with Gasteiger partial charge in [0.15, 0.2) is 0 Å². The molecule has 0 aromatic carbocycles. The lowest BCUT2D eigenvalue weighted by molar-refractivity contribution is 0.0754. The number of carbonyl (C=O) groups excluding carboxylic acids is 1. The monoisotopic (exact) mass is 349 g/mol. The van der Waals surface area contributed by atoms with Crippen molar-refractivity contribution in [1.82, 2.24) is 24.7 Å². The van der Waals surface area contributed by atoms with Gasteiger partial charge in [-0.1, -0.05) is 0 Å². The molecule has 2 aliphatic rings. The number of aromatic amines is 1. The van der Waals surface area contributed by atoms with E-state index >= 15 is 0 Å². The van der Waals surface area contributed by atoms with Crippen molar-refractivity contribution >= 4 is 5.91 Å². The van der Waals surface area contributed by atoms with Crippen LogP contribution >= 0.6 is 0 Å². The third kappa shape index (κ3) is 4.22. The molecule has 7 heteroatoms. The van der Waals surface area contributed by atoms with Gasteiger partial charge < -0.3 is 19.5 Å². The predicted octanol–water partition coefficient (Wildman–Crippen LogP) is 1.01. The molecule has 1 aromatic heterocycles. The van der Waals surface area contributed by atoms with Crippen LogP contribution in [0.1, 0.15) is 41.5 Å². The number of piperidine rings is 1. The topological polar surface area (TPSA) is 64.7 Å². The van der Waals surface area contributed by atoms with Crippen molar-refractivity contribution in [2.75, 3.05) is 54.4 Å². The molecule has 1 aromatic rings. The van der Waals surface area contributed by atoms with Crippen LogP contribution in [-0.4, -0.2) is 97.2 Å². The van der Waals surface area contributed by atoms with E-state index in [2.05, 4.69) is 33.9 Å². The van der Waals surface area contributed by atoms with Gasteiger partial charge in [0.25, 0.3) is 5.91 Å². The van der Waals surface area contributed by atoms with E-state index in [9.17, 15) is 4.79 Å². The molecule has 0 spiro atoms. The summed E-state index contributed by atoms with van der Waals surface area (Å²) in [7, 11) is 7.87. The van der Waals surface area contributed by atoms with E-state index in [1.165, 1.54) is 0 Å². The first kappa shape index (κ1) is 18.4. The molecule has 7 nitrogen and oxygen atoms in total. The smallest absolute Gasteiger partial charge is 0.271 e. The van der Waals surface area contributed by atoms with Crippen LogP contribution in [0.3, 0.4) is 0 Å². The summed E-state index contributed by atoms with van der Waals surface area (Å²) in [5, 5.41) is 0. The number of hydrogen-bond donors (Lipinski definition) is 1. The number of imidazole rings is 1. The fraction of sp³-hybridized carbons (Fsp3) is 0.778. The summed E-state index contributed by atoms with van der Waals surface area (Å²) in [5.74, 6) is 1.41. The van der Waals surface area contributed by atoms with Crippen LogP contribution in [0.4, 0.5) is 0 Å². The lowest BCUT2D eigenvalue weighted by atomic mass is 9.97.